The number of aliphatic hydroxyl groups is 1. The molecule has 0 spiro atoms. The summed E-state index contributed by atoms with van der Waals surface area (Å²) < 4.78 is 53.6. The molecule has 1 aliphatic rings. The number of aliphatic hydroxyl groups excluding tert-OH is 1. The summed E-state index contributed by atoms with van der Waals surface area (Å²) in [4.78, 5) is 29.8. The van der Waals surface area contributed by atoms with Crippen molar-refractivity contribution in [2.24, 2.45) is 0 Å². The first-order valence-electron chi connectivity index (χ1n) is 20.4. The maximum Gasteiger partial charge on any atom is 0.351 e. The Labute approximate surface area is 368 Å². The Morgan fingerprint density at radius 2 is 1.60 bits per heavy atom. The van der Waals surface area contributed by atoms with Gasteiger partial charge in [-0.1, -0.05) is 66.7 Å². The second-order valence-corrected chi connectivity index (χ2v) is 16.3. The first kappa shape index (κ1) is 48.9. The maximum atomic E-state index is 13.8. The van der Waals surface area contributed by atoms with Crippen molar-refractivity contribution < 1.29 is 47.4 Å². The number of methoxy groups -OCH3 is 1. The lowest BCUT2D eigenvalue weighted by Gasteiger charge is -2.39. The summed E-state index contributed by atoms with van der Waals surface area (Å²) in [5.41, 5.74) is 0.929. The van der Waals surface area contributed by atoms with Crippen molar-refractivity contribution in [2.75, 3.05) is 45.8 Å². The van der Waals surface area contributed by atoms with E-state index in [9.17, 15) is 20.0 Å². The molecule has 0 bridgehead atoms. The monoisotopic (exact) mass is 886 g/mol. The molecule has 2 N–H and O–H groups in total. The summed E-state index contributed by atoms with van der Waals surface area (Å²) in [6.07, 6.45) is -2.76. The predicted molar refractivity (Wildman–Crippen MR) is 232 cm³/mol. The molecule has 0 aliphatic carbocycles. The molecule has 5 rings (SSSR count). The fourth-order valence-corrected chi connectivity index (χ4v) is 9.00. The first-order valence-corrected chi connectivity index (χ1v) is 21.6. The molecule has 1 aliphatic heterocycles. The van der Waals surface area contributed by atoms with Crippen LogP contribution in [0.15, 0.2) is 95.9 Å². The minimum atomic E-state index is -1.92. The average Bonchev–Trinajstić information content (AvgIpc) is 3.61. The van der Waals surface area contributed by atoms with E-state index in [4.69, 9.17) is 42.7 Å². The summed E-state index contributed by atoms with van der Waals surface area (Å²) in [7, 11) is -0.330. The number of anilines is 1. The third-order valence-electron chi connectivity index (χ3n) is 9.93. The normalized spacial score (nSPS) is 18.8. The Balaban J connectivity index is 1.67. The molecule has 1 saturated heterocycles. The molecule has 17 nitrogen and oxygen atoms in total. The summed E-state index contributed by atoms with van der Waals surface area (Å²) in [6, 6.07) is 30.0. The second-order valence-electron chi connectivity index (χ2n) is 14.9. The Morgan fingerprint density at radius 3 is 2.19 bits per heavy atom. The number of hydrogen-bond acceptors (Lipinski definition) is 15. The van der Waals surface area contributed by atoms with Gasteiger partial charge >= 0.3 is 5.69 Å². The van der Waals surface area contributed by atoms with Crippen LogP contribution in [0.5, 0.6) is 5.75 Å². The molecule has 3 aromatic carbocycles. The highest BCUT2D eigenvalue weighted by atomic mass is 31.2. The molecule has 63 heavy (non-hydrogen) atoms. The van der Waals surface area contributed by atoms with Gasteiger partial charge in [-0.05, 0) is 68.1 Å². The van der Waals surface area contributed by atoms with Gasteiger partial charge in [-0.3, -0.25) is 9.36 Å². The van der Waals surface area contributed by atoms with Crippen LogP contribution in [0.25, 0.3) is 0 Å². The average molecular weight is 887 g/mol. The quantitative estimate of drug-likeness (QED) is 0.0351. The highest BCUT2D eigenvalue weighted by Gasteiger charge is 2.51. The van der Waals surface area contributed by atoms with E-state index in [1.807, 2.05) is 113 Å². The highest BCUT2D eigenvalue weighted by Crippen LogP contribution is 2.51. The number of carbonyl (C=O) groups excluding carboxylic acids is 1. The molecule has 1 fully saturated rings. The van der Waals surface area contributed by atoms with E-state index < -0.39 is 50.3 Å². The molecular weight excluding hydrogens is 831 g/mol. The van der Waals surface area contributed by atoms with Crippen LogP contribution >= 0.6 is 8.53 Å². The van der Waals surface area contributed by atoms with E-state index in [-0.39, 0.29) is 64.3 Å². The van der Waals surface area contributed by atoms with Crippen LogP contribution in [0.2, 0.25) is 0 Å². The number of benzene rings is 3. The van der Waals surface area contributed by atoms with Gasteiger partial charge in [0.1, 0.15) is 48.9 Å². The minimum absolute atomic E-state index is 0.0446. The number of nitriles is 2. The Kier molecular flexibility index (Phi) is 18.7. The molecule has 18 heteroatoms. The highest BCUT2D eigenvalue weighted by molar-refractivity contribution is 7.44. The minimum Gasteiger partial charge on any atom is -0.497 e. The Morgan fingerprint density at radius 1 is 0.937 bits per heavy atom. The lowest BCUT2D eigenvalue weighted by atomic mass is 9.79. The molecular formula is C45H55N6O11P. The lowest BCUT2D eigenvalue weighted by molar-refractivity contribution is -0.172. The zero-order chi connectivity index (χ0) is 45.4. The summed E-state index contributed by atoms with van der Waals surface area (Å²) in [6.45, 7) is 8.29. The molecule has 1 aromatic heterocycles. The first-order chi connectivity index (χ1) is 30.5. The van der Waals surface area contributed by atoms with E-state index in [2.05, 4.69) is 21.0 Å². The molecule has 1 amide bonds. The van der Waals surface area contributed by atoms with Crippen molar-refractivity contribution >= 4 is 20.3 Å². The molecule has 0 saturated carbocycles. The van der Waals surface area contributed by atoms with E-state index in [0.29, 0.717) is 11.3 Å². The zero-order valence-electron chi connectivity index (χ0n) is 36.3. The lowest BCUT2D eigenvalue weighted by Crippen LogP contribution is -2.43. The van der Waals surface area contributed by atoms with E-state index in [0.717, 1.165) is 16.7 Å². The number of nitrogens with zero attached hydrogens (tertiary/aromatic N) is 5. The van der Waals surface area contributed by atoms with Gasteiger partial charge in [0.15, 0.2) is 13.0 Å². The van der Waals surface area contributed by atoms with Gasteiger partial charge in [0, 0.05) is 25.2 Å². The predicted octanol–water partition coefficient (Wildman–Crippen LogP) is 6.13. The van der Waals surface area contributed by atoms with Crippen LogP contribution in [-0.4, -0.2) is 96.1 Å². The van der Waals surface area contributed by atoms with Crippen molar-refractivity contribution in [2.45, 2.75) is 89.9 Å². The molecule has 336 valence electrons. The number of rotatable bonds is 24. The van der Waals surface area contributed by atoms with Crippen LogP contribution in [0.4, 0.5) is 5.82 Å². The van der Waals surface area contributed by atoms with E-state index >= 15 is 0 Å². The van der Waals surface area contributed by atoms with Gasteiger partial charge in [-0.2, -0.15) is 15.5 Å². The van der Waals surface area contributed by atoms with Gasteiger partial charge in [-0.15, -0.1) is 0 Å². The summed E-state index contributed by atoms with van der Waals surface area (Å²) >= 11 is 0. The van der Waals surface area contributed by atoms with Crippen molar-refractivity contribution in [1.82, 2.24) is 14.2 Å². The van der Waals surface area contributed by atoms with Gasteiger partial charge in [0.05, 0.1) is 45.5 Å². The van der Waals surface area contributed by atoms with Crippen molar-refractivity contribution in [3.63, 3.8) is 0 Å². The van der Waals surface area contributed by atoms with Crippen molar-refractivity contribution in [1.29, 1.82) is 10.5 Å². The molecule has 0 radical (unpaired) electrons. The van der Waals surface area contributed by atoms with Crippen molar-refractivity contribution in [3.05, 3.63) is 124 Å². The topological polar surface area (TPSA) is 209 Å². The van der Waals surface area contributed by atoms with E-state index in [1.165, 1.54) is 23.8 Å². The molecule has 6 atom stereocenters. The van der Waals surface area contributed by atoms with Crippen LogP contribution in [-0.2, 0) is 49.7 Å². The van der Waals surface area contributed by atoms with Crippen LogP contribution in [0.1, 0.15) is 69.5 Å². The number of ether oxygens (including phenoxy) is 6. The van der Waals surface area contributed by atoms with Crippen LogP contribution < -0.4 is 15.7 Å². The van der Waals surface area contributed by atoms with Gasteiger partial charge in [-0.25, -0.2) is 9.46 Å². The summed E-state index contributed by atoms with van der Waals surface area (Å²) in [5, 5.41) is 30.9. The Bertz CT molecular complexity index is 2130. The van der Waals surface area contributed by atoms with Crippen LogP contribution in [0.3, 0.4) is 0 Å². The molecule has 3 unspecified atom stereocenters. The second kappa shape index (κ2) is 24.1. The maximum absolute atomic E-state index is 13.8. The van der Waals surface area contributed by atoms with Gasteiger partial charge in [0.25, 0.3) is 8.53 Å². The fourth-order valence-electron chi connectivity index (χ4n) is 7.23. The van der Waals surface area contributed by atoms with Crippen LogP contribution in [0, 0.1) is 22.7 Å². The SMILES string of the molecule is COc1ccc(C(OC[C@H]2O[C@@H](n3ccc(NC(C)=O)nc3=O)[C@@H](OCOCOCC#N)C2OP(OCCC#N)N(C(C)C)C(C)C)(c2ccccc2)c2ccc(CO)cc2)cc1. The van der Waals surface area contributed by atoms with Gasteiger partial charge in [0.2, 0.25) is 5.91 Å². The van der Waals surface area contributed by atoms with Gasteiger partial charge < -0.3 is 47.9 Å². The third-order valence-corrected chi connectivity index (χ3v) is 12.1. The fraction of sp³-hybridized carbons (Fsp3) is 0.444. The number of aromatic nitrogens is 2. The number of carbonyl (C=O) groups is 1. The number of nitrogens with one attached hydrogen (secondary N) is 1. The summed E-state index contributed by atoms with van der Waals surface area (Å²) in [5.74, 6) is 0.275. The van der Waals surface area contributed by atoms with Crippen molar-refractivity contribution in [3.8, 4) is 17.9 Å². The van der Waals surface area contributed by atoms with E-state index in [1.54, 1.807) is 7.11 Å². The number of hydrogen-bond donors (Lipinski definition) is 2. The largest absolute Gasteiger partial charge is 0.497 e. The molecule has 4 aromatic rings. The standard InChI is InChI=1S/C45H55N6O11P/c1-31(2)51(32(3)4)63(60-25-10-22-46)62-41-39(61-43(42(41)58-30-57-29-56-26-23-47)50-24-21-40(48-33(5)53)49-44(50)54)28-59-45(35-11-8-7-9-12-35,36-15-13-34(27-52)14-16-36)37-17-19-38(55-6)20-18-37/h7-9,11-21,24,31-32,39,41-43,52H,10,25-30H2,1-6H3,(H,48,49,53,54)/t39-,41?,42+,43-,45?,63?/m1/s1. The Hall–Kier alpha value is -5.14. The zero-order valence-corrected chi connectivity index (χ0v) is 37.2. The molecule has 2 heterocycles. The number of amides is 1. The third kappa shape index (κ3) is 12.5. The smallest absolute Gasteiger partial charge is 0.351 e.